The molecule has 4 fully saturated rings. The van der Waals surface area contributed by atoms with Gasteiger partial charge in [-0.1, -0.05) is 68.2 Å². The van der Waals surface area contributed by atoms with Crippen molar-refractivity contribution in [3.8, 4) is 23.3 Å². The molecular formula is C57H74N4O7. The number of aryl methyl sites for hydroxylation is 1. The molecule has 0 radical (unpaired) electrons. The summed E-state index contributed by atoms with van der Waals surface area (Å²) in [5.41, 5.74) is 9.80. The van der Waals surface area contributed by atoms with Gasteiger partial charge in [0.05, 0.1) is 31.2 Å². The number of piperidine rings is 1. The number of dihydropyridines is 1. The van der Waals surface area contributed by atoms with Gasteiger partial charge in [-0.2, -0.15) is 0 Å². The fourth-order valence-corrected chi connectivity index (χ4v) is 13.8. The predicted molar refractivity (Wildman–Crippen MR) is 266 cm³/mol. The number of ketones is 2. The molecule has 0 amide bonds. The number of phenols is 1. The van der Waals surface area contributed by atoms with E-state index >= 15 is 0 Å². The standard InChI is InChI=1S/C57H74N4O7/c1-4-33-31-61-56(58)29-48(33)47(36-11-10-34-8-6-7-9-35(34)20-36)28-51(64)50(63)23-38-16-18-57(54(66)15-12-37-24-53(68-3)52(65)27-45(37)38)19-17-39(25-55(57)67)44-21-41-32-60-49-26-42(62)13-14-43(49)46(41)22-40(44)30-59-5-2/h6-11,20,24,27,29,38-41,43-44,46-47,49-51,55,59-61,63-65,67H,4-5,12-15,17,19,21-23,25-26,28,30-32,58H2,1-3H3. The van der Waals surface area contributed by atoms with Gasteiger partial charge >= 0.3 is 0 Å². The lowest BCUT2D eigenvalue weighted by atomic mass is 9.54. The molecule has 364 valence electrons. The predicted octanol–water partition coefficient (Wildman–Crippen LogP) is 6.91. The van der Waals surface area contributed by atoms with Gasteiger partial charge in [-0.05, 0) is 176 Å². The van der Waals surface area contributed by atoms with E-state index in [1.165, 1.54) is 12.7 Å². The van der Waals surface area contributed by atoms with Crippen LogP contribution >= 0.6 is 0 Å². The zero-order valence-corrected chi connectivity index (χ0v) is 40.3. The third-order valence-corrected chi connectivity index (χ3v) is 17.5. The Labute approximate surface area is 402 Å². The summed E-state index contributed by atoms with van der Waals surface area (Å²) in [6.45, 7) is 7.62. The highest BCUT2D eigenvalue weighted by atomic mass is 16.5. The number of fused-ring (bicyclic) bond motifs is 5. The summed E-state index contributed by atoms with van der Waals surface area (Å²) in [6.07, 6.45) is 6.42. The van der Waals surface area contributed by atoms with Crippen LogP contribution < -0.4 is 26.4 Å². The number of Topliss-reactive ketones (excluding diaryl/α,β-unsaturated/α-hetero) is 2. The molecule has 9 N–H and O–H groups in total. The molecule has 11 heteroatoms. The van der Waals surface area contributed by atoms with Crippen molar-refractivity contribution in [2.45, 2.75) is 134 Å². The highest BCUT2D eigenvalue weighted by Gasteiger charge is 2.53. The fourth-order valence-electron chi connectivity index (χ4n) is 13.8. The Bertz CT molecular complexity index is 2470. The zero-order valence-electron chi connectivity index (χ0n) is 40.3. The number of carbonyl (C=O) groups excluding carboxylic acids is 2. The summed E-state index contributed by atoms with van der Waals surface area (Å²) in [5, 5.41) is 60.8. The van der Waals surface area contributed by atoms with Gasteiger partial charge in [-0.3, -0.25) is 9.59 Å². The number of carbonyl (C=O) groups is 2. The number of aromatic hydroxyl groups is 1. The highest BCUT2D eigenvalue weighted by Crippen LogP contribution is 2.53. The van der Waals surface area contributed by atoms with Crippen molar-refractivity contribution in [2.24, 2.45) is 46.7 Å². The average molecular weight is 927 g/mol. The molecule has 68 heavy (non-hydrogen) atoms. The van der Waals surface area contributed by atoms with Crippen LogP contribution in [-0.4, -0.2) is 89.6 Å². The van der Waals surface area contributed by atoms with E-state index < -0.39 is 29.6 Å². The molecular weight excluding hydrogens is 853 g/mol. The summed E-state index contributed by atoms with van der Waals surface area (Å²) in [5.74, 6) is 9.74. The van der Waals surface area contributed by atoms with Crippen molar-refractivity contribution in [1.82, 2.24) is 16.0 Å². The van der Waals surface area contributed by atoms with Crippen molar-refractivity contribution < 1.29 is 34.8 Å². The minimum atomic E-state index is -1.28. The van der Waals surface area contributed by atoms with Gasteiger partial charge in [0.1, 0.15) is 11.2 Å². The monoisotopic (exact) mass is 927 g/mol. The van der Waals surface area contributed by atoms with Crippen LogP contribution in [0, 0.1) is 52.8 Å². The quantitative estimate of drug-likeness (QED) is 0.0834. The van der Waals surface area contributed by atoms with Crippen molar-refractivity contribution in [1.29, 1.82) is 0 Å². The van der Waals surface area contributed by atoms with Gasteiger partial charge in [-0.25, -0.2) is 0 Å². The molecule has 3 aromatic rings. The van der Waals surface area contributed by atoms with Crippen molar-refractivity contribution in [3.05, 3.63) is 94.3 Å². The van der Waals surface area contributed by atoms with Gasteiger partial charge in [-0.15, -0.1) is 0 Å². The summed E-state index contributed by atoms with van der Waals surface area (Å²) in [4.78, 5) is 27.1. The number of benzene rings is 3. The molecule has 6 aliphatic rings. The molecule has 13 atom stereocenters. The minimum Gasteiger partial charge on any atom is -0.504 e. The lowest BCUT2D eigenvalue weighted by Gasteiger charge is -2.54. The fraction of sp³-hybridized carbons (Fsp3) is 0.579. The van der Waals surface area contributed by atoms with E-state index in [9.17, 15) is 30.0 Å². The first-order valence-corrected chi connectivity index (χ1v) is 25.8. The molecule has 1 spiro atoms. The smallest absolute Gasteiger partial charge is 0.160 e. The number of allylic oxidation sites excluding steroid dienone is 2. The number of methoxy groups -OCH3 is 1. The largest absolute Gasteiger partial charge is 0.504 e. The van der Waals surface area contributed by atoms with Crippen LogP contribution in [0.15, 0.2) is 77.6 Å². The zero-order chi connectivity index (χ0) is 47.7. The van der Waals surface area contributed by atoms with Gasteiger partial charge in [0, 0.05) is 43.7 Å². The maximum Gasteiger partial charge on any atom is 0.160 e. The lowest BCUT2D eigenvalue weighted by Crippen LogP contribution is -2.57. The van der Waals surface area contributed by atoms with Crippen LogP contribution in [0.3, 0.4) is 0 Å². The van der Waals surface area contributed by atoms with Gasteiger partial charge in [0.15, 0.2) is 17.3 Å². The number of nitrogens with one attached hydrogen (secondary N) is 3. The van der Waals surface area contributed by atoms with Crippen molar-refractivity contribution in [3.63, 3.8) is 0 Å². The number of aliphatic hydroxyl groups excluding tert-OH is 3. The van der Waals surface area contributed by atoms with E-state index in [2.05, 4.69) is 72.0 Å². The van der Waals surface area contributed by atoms with Gasteiger partial charge in [0.2, 0.25) is 0 Å². The van der Waals surface area contributed by atoms with Gasteiger partial charge in [0.25, 0.3) is 0 Å². The third kappa shape index (κ3) is 9.74. The van der Waals surface area contributed by atoms with E-state index in [0.29, 0.717) is 85.4 Å². The van der Waals surface area contributed by atoms with Crippen LogP contribution in [0.1, 0.15) is 119 Å². The van der Waals surface area contributed by atoms with Crippen molar-refractivity contribution >= 4 is 22.3 Å². The second kappa shape index (κ2) is 20.7. The first-order chi connectivity index (χ1) is 32.9. The number of hydrogen-bond donors (Lipinski definition) is 8. The van der Waals surface area contributed by atoms with Crippen molar-refractivity contribution in [2.75, 3.05) is 33.3 Å². The number of rotatable bonds is 13. The second-order valence-corrected chi connectivity index (χ2v) is 21.2. The first-order valence-electron chi connectivity index (χ1n) is 25.8. The Morgan fingerprint density at radius 3 is 2.54 bits per heavy atom. The molecule has 3 aromatic carbocycles. The normalized spacial score (nSPS) is 31.9. The number of aliphatic hydroxyl groups is 3. The molecule has 0 bridgehead atoms. The molecule has 9 rings (SSSR count). The van der Waals surface area contributed by atoms with Crippen LogP contribution in [-0.2, 0) is 16.0 Å². The molecule has 1 saturated heterocycles. The number of nitrogens with two attached hydrogens (primary N) is 1. The molecule has 3 saturated carbocycles. The maximum atomic E-state index is 14.7. The summed E-state index contributed by atoms with van der Waals surface area (Å²) >= 11 is 0. The average Bonchev–Trinajstić information content (AvgIpc) is 3.39. The number of ether oxygens (including phenoxy) is 1. The Morgan fingerprint density at radius 2 is 1.76 bits per heavy atom. The van der Waals surface area contributed by atoms with Crippen LogP contribution in [0.5, 0.6) is 11.5 Å². The van der Waals surface area contributed by atoms with E-state index in [1.807, 2.05) is 18.2 Å². The minimum absolute atomic E-state index is 0.0420. The first kappa shape index (κ1) is 48.3. The third-order valence-electron chi connectivity index (χ3n) is 17.5. The maximum absolute atomic E-state index is 14.7. The highest BCUT2D eigenvalue weighted by molar-refractivity contribution is 5.89. The van der Waals surface area contributed by atoms with E-state index in [4.69, 9.17) is 10.5 Å². The Hall–Kier alpha value is -4.70. The topological polar surface area (TPSA) is 186 Å². The number of phenolic OH excluding ortho intramolecular Hbond substituents is 1. The molecule has 2 aliphatic heterocycles. The Balaban J connectivity index is 0.989. The molecule has 4 aliphatic carbocycles. The Kier molecular flexibility index (Phi) is 14.7. The lowest BCUT2D eigenvalue weighted by molar-refractivity contribution is -0.136. The summed E-state index contributed by atoms with van der Waals surface area (Å²) in [6, 6.07) is 18.2. The van der Waals surface area contributed by atoms with E-state index in [0.717, 1.165) is 79.2 Å². The molecule has 0 aromatic heterocycles. The second-order valence-electron chi connectivity index (χ2n) is 21.2. The number of hydrogen-bond acceptors (Lipinski definition) is 11. The van der Waals surface area contributed by atoms with Gasteiger partial charge < -0.3 is 46.8 Å². The summed E-state index contributed by atoms with van der Waals surface area (Å²) in [7, 11) is 1.49. The molecule has 11 nitrogen and oxygen atoms in total. The van der Waals surface area contributed by atoms with Crippen LogP contribution in [0.25, 0.3) is 10.8 Å². The summed E-state index contributed by atoms with van der Waals surface area (Å²) < 4.78 is 5.54. The van der Waals surface area contributed by atoms with Crippen LogP contribution in [0.4, 0.5) is 0 Å². The Morgan fingerprint density at radius 1 is 0.941 bits per heavy atom. The van der Waals surface area contributed by atoms with Crippen LogP contribution in [0.2, 0.25) is 0 Å². The van der Waals surface area contributed by atoms with E-state index in [1.54, 1.807) is 12.1 Å². The molecule has 2 heterocycles. The SMILES string of the molecule is CCNCC1CC2C(CNC3CC(=O)CCC32)CC1C1CCC2(C#CC(CC(O)C(O)CC(C3=C(CC)CNC(N)=C3)c3ccc4ccccc4c3)c3cc(O)c(OC)cc3CCC2=O)C(O)C1. The van der Waals surface area contributed by atoms with E-state index in [-0.39, 0.29) is 54.4 Å². The molecule has 13 unspecified atom stereocenters.